The van der Waals surface area contributed by atoms with E-state index in [0.717, 1.165) is 35.9 Å². The second-order valence-electron chi connectivity index (χ2n) is 5.64. The molecule has 0 aliphatic heterocycles. The van der Waals surface area contributed by atoms with Crippen LogP contribution in [0.4, 0.5) is 5.82 Å². The van der Waals surface area contributed by atoms with Gasteiger partial charge in [-0.05, 0) is 25.8 Å². The minimum absolute atomic E-state index is 0.952. The number of nitrogens with zero attached hydrogens (tertiary/aromatic N) is 5. The number of aryl methyl sites for hydroxylation is 4. The van der Waals surface area contributed by atoms with Gasteiger partial charge in [-0.25, -0.2) is 15.0 Å². The van der Waals surface area contributed by atoms with Crippen LogP contribution < -0.4 is 4.90 Å². The van der Waals surface area contributed by atoms with Gasteiger partial charge < -0.3 is 9.47 Å². The lowest BCUT2D eigenvalue weighted by molar-refractivity contribution is 0.711. The van der Waals surface area contributed by atoms with Crippen LogP contribution in [0.5, 0.6) is 0 Å². The topological polar surface area (TPSA) is 46.8 Å². The van der Waals surface area contributed by atoms with E-state index >= 15 is 0 Å². The van der Waals surface area contributed by atoms with Crippen molar-refractivity contribution in [2.45, 2.75) is 26.7 Å². The molecule has 0 radical (unpaired) electrons. The summed E-state index contributed by atoms with van der Waals surface area (Å²) in [5, 5.41) is 1.20. The van der Waals surface area contributed by atoms with E-state index in [1.54, 1.807) is 17.7 Å². The zero-order chi connectivity index (χ0) is 15.7. The number of rotatable bonds is 5. The highest BCUT2D eigenvalue weighted by Gasteiger charge is 2.14. The highest BCUT2D eigenvalue weighted by Crippen LogP contribution is 2.33. The molecule has 5 nitrogen and oxygen atoms in total. The van der Waals surface area contributed by atoms with Gasteiger partial charge in [-0.2, -0.15) is 0 Å². The number of aromatic nitrogens is 4. The van der Waals surface area contributed by atoms with Crippen LogP contribution in [-0.4, -0.2) is 33.1 Å². The summed E-state index contributed by atoms with van der Waals surface area (Å²) in [5.41, 5.74) is 1.30. The van der Waals surface area contributed by atoms with Crippen molar-refractivity contribution >= 4 is 27.4 Å². The van der Waals surface area contributed by atoms with E-state index in [2.05, 4.69) is 45.3 Å². The first-order valence-electron chi connectivity index (χ1n) is 7.46. The molecule has 22 heavy (non-hydrogen) atoms. The van der Waals surface area contributed by atoms with Gasteiger partial charge in [-0.15, -0.1) is 11.3 Å². The number of hydrogen-bond donors (Lipinski definition) is 0. The number of anilines is 1. The molecule has 0 aliphatic carbocycles. The summed E-state index contributed by atoms with van der Waals surface area (Å²) >= 11 is 1.74. The Kier molecular flexibility index (Phi) is 4.11. The Balaban J connectivity index is 1.75. The van der Waals surface area contributed by atoms with Crippen molar-refractivity contribution in [2.24, 2.45) is 7.05 Å². The summed E-state index contributed by atoms with van der Waals surface area (Å²) in [5.74, 6) is 2.16. The van der Waals surface area contributed by atoms with Crippen LogP contribution >= 0.6 is 11.3 Å². The maximum absolute atomic E-state index is 4.51. The maximum atomic E-state index is 4.51. The predicted octanol–water partition coefficient (Wildman–Crippen LogP) is 3.11. The molecule has 0 bridgehead atoms. The quantitative estimate of drug-likeness (QED) is 0.726. The molecule has 0 saturated heterocycles. The van der Waals surface area contributed by atoms with Crippen LogP contribution in [0.15, 0.2) is 18.7 Å². The SMILES string of the molecule is Cc1sc2ncnc(N(C)CCCc3nccn3C)c2c1C. The fraction of sp³-hybridized carbons (Fsp3) is 0.438. The molecule has 3 aromatic rings. The molecule has 0 spiro atoms. The van der Waals surface area contributed by atoms with Gasteiger partial charge in [0, 0.05) is 44.3 Å². The van der Waals surface area contributed by atoms with Crippen LogP contribution in [0.1, 0.15) is 22.7 Å². The standard InChI is InChI=1S/C16H21N5S/c1-11-12(2)22-16-14(11)15(18-10-19-16)21(4)8-5-6-13-17-7-9-20(13)3/h7,9-10H,5-6,8H2,1-4H3. The third-order valence-corrected chi connectivity index (χ3v) is 5.24. The lowest BCUT2D eigenvalue weighted by Crippen LogP contribution is -2.21. The summed E-state index contributed by atoms with van der Waals surface area (Å²) in [4.78, 5) is 17.9. The molecular weight excluding hydrogens is 294 g/mol. The van der Waals surface area contributed by atoms with E-state index in [9.17, 15) is 0 Å². The Morgan fingerprint density at radius 3 is 2.77 bits per heavy atom. The molecule has 0 fully saturated rings. The highest BCUT2D eigenvalue weighted by atomic mass is 32.1. The van der Waals surface area contributed by atoms with Crippen molar-refractivity contribution in [3.63, 3.8) is 0 Å². The monoisotopic (exact) mass is 315 g/mol. The zero-order valence-electron chi connectivity index (χ0n) is 13.5. The van der Waals surface area contributed by atoms with Crippen molar-refractivity contribution in [1.82, 2.24) is 19.5 Å². The molecule has 0 amide bonds. The highest BCUT2D eigenvalue weighted by molar-refractivity contribution is 7.18. The zero-order valence-corrected chi connectivity index (χ0v) is 14.3. The first kappa shape index (κ1) is 15.0. The van der Waals surface area contributed by atoms with E-state index in [1.807, 2.05) is 19.4 Å². The molecule has 3 heterocycles. The van der Waals surface area contributed by atoms with Crippen LogP contribution in [0.3, 0.4) is 0 Å². The van der Waals surface area contributed by atoms with Crippen molar-refractivity contribution in [2.75, 3.05) is 18.5 Å². The Morgan fingerprint density at radius 2 is 2.05 bits per heavy atom. The van der Waals surface area contributed by atoms with E-state index in [1.165, 1.54) is 15.8 Å². The number of fused-ring (bicyclic) bond motifs is 1. The van der Waals surface area contributed by atoms with E-state index < -0.39 is 0 Å². The fourth-order valence-corrected chi connectivity index (χ4v) is 3.66. The largest absolute Gasteiger partial charge is 0.359 e. The Labute approximate surface area is 134 Å². The number of imidazole rings is 1. The van der Waals surface area contributed by atoms with Crippen LogP contribution in [0.2, 0.25) is 0 Å². The van der Waals surface area contributed by atoms with E-state index in [4.69, 9.17) is 0 Å². The van der Waals surface area contributed by atoms with Gasteiger partial charge in [-0.3, -0.25) is 0 Å². The summed E-state index contributed by atoms with van der Waals surface area (Å²) in [6.07, 6.45) is 7.54. The molecule has 116 valence electrons. The lowest BCUT2D eigenvalue weighted by atomic mass is 10.2. The molecule has 0 saturated carbocycles. The molecule has 0 aliphatic rings. The van der Waals surface area contributed by atoms with Gasteiger partial charge >= 0.3 is 0 Å². The van der Waals surface area contributed by atoms with Gasteiger partial charge in [0.1, 0.15) is 22.8 Å². The average Bonchev–Trinajstić information content (AvgIpc) is 3.03. The smallest absolute Gasteiger partial charge is 0.140 e. The molecule has 6 heteroatoms. The molecule has 3 aromatic heterocycles. The summed E-state index contributed by atoms with van der Waals surface area (Å²) in [7, 11) is 4.14. The van der Waals surface area contributed by atoms with Gasteiger partial charge in [0.2, 0.25) is 0 Å². The first-order valence-corrected chi connectivity index (χ1v) is 8.27. The molecule has 0 N–H and O–H groups in total. The number of thiophene rings is 1. The van der Waals surface area contributed by atoms with E-state index in [0.29, 0.717) is 0 Å². The Bertz CT molecular complexity index is 789. The van der Waals surface area contributed by atoms with Crippen molar-refractivity contribution in [1.29, 1.82) is 0 Å². The minimum atomic E-state index is 0.952. The third-order valence-electron chi connectivity index (χ3n) is 4.12. The number of hydrogen-bond acceptors (Lipinski definition) is 5. The molecule has 3 rings (SSSR count). The first-order chi connectivity index (χ1) is 10.6. The molecule has 0 aromatic carbocycles. The van der Waals surface area contributed by atoms with E-state index in [-0.39, 0.29) is 0 Å². The van der Waals surface area contributed by atoms with Crippen LogP contribution in [-0.2, 0) is 13.5 Å². The Hall–Kier alpha value is -1.95. The lowest BCUT2D eigenvalue weighted by Gasteiger charge is -2.19. The van der Waals surface area contributed by atoms with Crippen LogP contribution in [0.25, 0.3) is 10.2 Å². The Morgan fingerprint density at radius 1 is 1.23 bits per heavy atom. The predicted molar refractivity (Wildman–Crippen MR) is 91.7 cm³/mol. The van der Waals surface area contributed by atoms with Gasteiger partial charge in [0.05, 0.1) is 5.39 Å². The van der Waals surface area contributed by atoms with Crippen molar-refractivity contribution < 1.29 is 0 Å². The second kappa shape index (κ2) is 6.04. The average molecular weight is 315 g/mol. The molecular formula is C16H21N5S. The minimum Gasteiger partial charge on any atom is -0.359 e. The maximum Gasteiger partial charge on any atom is 0.140 e. The molecule has 0 atom stereocenters. The van der Waals surface area contributed by atoms with Crippen LogP contribution in [0, 0.1) is 13.8 Å². The summed E-state index contributed by atoms with van der Waals surface area (Å²) in [6, 6.07) is 0. The van der Waals surface area contributed by atoms with Gasteiger partial charge in [0.15, 0.2) is 0 Å². The van der Waals surface area contributed by atoms with Crippen molar-refractivity contribution in [3.8, 4) is 0 Å². The second-order valence-corrected chi connectivity index (χ2v) is 6.84. The third kappa shape index (κ3) is 2.70. The van der Waals surface area contributed by atoms with Gasteiger partial charge in [0.25, 0.3) is 0 Å². The van der Waals surface area contributed by atoms with Gasteiger partial charge in [-0.1, -0.05) is 0 Å². The normalized spacial score (nSPS) is 11.3. The molecule has 0 unspecified atom stereocenters. The fourth-order valence-electron chi connectivity index (χ4n) is 2.67. The summed E-state index contributed by atoms with van der Waals surface area (Å²) < 4.78 is 2.08. The summed E-state index contributed by atoms with van der Waals surface area (Å²) in [6.45, 7) is 5.25. The van der Waals surface area contributed by atoms with Crippen molar-refractivity contribution in [3.05, 3.63) is 35.0 Å².